The van der Waals surface area contributed by atoms with Gasteiger partial charge >= 0.3 is 0 Å². The van der Waals surface area contributed by atoms with Gasteiger partial charge in [-0.15, -0.1) is 6.54 Å². The number of aliphatic hydroxyl groups is 1. The fraction of sp³-hybridized carbons (Fsp3) is 0.800. The molecule has 4 nitrogen and oxygen atoms in total. The average molecular weight is 271 g/mol. The van der Waals surface area contributed by atoms with Gasteiger partial charge in [-0.05, 0) is 12.5 Å². The van der Waals surface area contributed by atoms with Crippen LogP contribution in [0.25, 0.3) is 5.32 Å². The Kier molecular flexibility index (Phi) is 4.94. The number of hydrogen-bond donors (Lipinski definition) is 2. The first-order chi connectivity index (χ1) is 4.20. The van der Waals surface area contributed by atoms with E-state index in [1.165, 1.54) is 0 Å². The molecule has 0 aromatic rings. The molecule has 1 radical (unpaired) electrons. The minimum Gasteiger partial charge on any atom is -0.648 e. The maximum Gasteiger partial charge on any atom is 0.285 e. The third-order valence-corrected chi connectivity index (χ3v) is 1.32. The SMILES string of the molecule is O=C(O)[C@@H]1CC(O)C[N-]1.[Pr]. The molecular weight excluding hydrogens is 263 g/mol. The third-order valence-electron chi connectivity index (χ3n) is 1.32. The van der Waals surface area contributed by atoms with Gasteiger partial charge < -0.3 is 15.5 Å². The minimum absolute atomic E-state index is 0. The van der Waals surface area contributed by atoms with E-state index in [0.717, 1.165) is 0 Å². The number of carboxylic acids is 1. The first-order valence-electron chi connectivity index (χ1n) is 2.77. The Hall–Kier alpha value is 0.754. The second-order valence-electron chi connectivity index (χ2n) is 2.11. The van der Waals surface area contributed by atoms with Gasteiger partial charge in [-0.25, -0.2) is 0 Å². The molecule has 1 unspecified atom stereocenters. The summed E-state index contributed by atoms with van der Waals surface area (Å²) in [5.41, 5.74) is 0. The smallest absolute Gasteiger partial charge is 0.285 e. The largest absolute Gasteiger partial charge is 0.648 e. The van der Waals surface area contributed by atoms with Gasteiger partial charge in [0.25, 0.3) is 5.97 Å². The molecule has 5 heteroatoms. The number of carboxylic acid groups (broad SMARTS) is 1. The van der Waals surface area contributed by atoms with Gasteiger partial charge in [-0.2, -0.15) is 0 Å². The summed E-state index contributed by atoms with van der Waals surface area (Å²) < 4.78 is 0. The van der Waals surface area contributed by atoms with Crippen LogP contribution in [-0.2, 0) is 4.79 Å². The van der Waals surface area contributed by atoms with E-state index < -0.39 is 18.1 Å². The molecule has 1 saturated heterocycles. The van der Waals surface area contributed by atoms with Crippen molar-refractivity contribution in [3.8, 4) is 0 Å². The Labute approximate surface area is 91.9 Å². The molecule has 0 aliphatic carbocycles. The number of aliphatic hydroxyl groups excluding tert-OH is 1. The summed E-state index contributed by atoms with van der Waals surface area (Å²) in [6.07, 6.45) is -0.263. The summed E-state index contributed by atoms with van der Waals surface area (Å²) >= 11 is 0. The fourth-order valence-electron chi connectivity index (χ4n) is 0.835. The summed E-state index contributed by atoms with van der Waals surface area (Å²) in [4.78, 5) is 10.1. The zero-order valence-electron chi connectivity index (χ0n) is 5.40. The minimum atomic E-state index is -0.938. The molecule has 0 aromatic carbocycles. The zero-order valence-corrected chi connectivity index (χ0v) is 9.10. The van der Waals surface area contributed by atoms with E-state index in [0.29, 0.717) is 0 Å². The summed E-state index contributed by atoms with van der Waals surface area (Å²) in [6.45, 7) is 0.275. The quantitative estimate of drug-likeness (QED) is 0.680. The van der Waals surface area contributed by atoms with Gasteiger partial charge in [0.05, 0.1) is 0 Å². The van der Waals surface area contributed by atoms with Crippen LogP contribution in [0.15, 0.2) is 0 Å². The van der Waals surface area contributed by atoms with Crippen molar-refractivity contribution >= 4 is 5.97 Å². The molecule has 2 atom stereocenters. The van der Waals surface area contributed by atoms with E-state index >= 15 is 0 Å². The Morgan fingerprint density at radius 1 is 1.60 bits per heavy atom. The first kappa shape index (κ1) is 10.8. The van der Waals surface area contributed by atoms with Crippen LogP contribution >= 0.6 is 0 Å². The predicted molar refractivity (Wildman–Crippen MR) is 30.3 cm³/mol. The molecule has 0 bridgehead atoms. The third kappa shape index (κ3) is 2.78. The molecule has 55 valence electrons. The number of nitrogens with zero attached hydrogens (tertiary/aromatic N) is 1. The molecule has 1 rings (SSSR count). The zero-order chi connectivity index (χ0) is 6.85. The Bertz CT molecular complexity index is 130. The van der Waals surface area contributed by atoms with Gasteiger partial charge in [0.15, 0.2) is 0 Å². The molecule has 0 spiro atoms. The second-order valence-corrected chi connectivity index (χ2v) is 2.11. The van der Waals surface area contributed by atoms with E-state index in [2.05, 4.69) is 5.32 Å². The Balaban J connectivity index is 0.000000810. The summed E-state index contributed by atoms with van der Waals surface area (Å²) in [5, 5.41) is 20.8. The van der Waals surface area contributed by atoms with E-state index in [1.54, 1.807) is 0 Å². The van der Waals surface area contributed by atoms with Crippen LogP contribution in [0, 0.1) is 41.3 Å². The first-order valence-corrected chi connectivity index (χ1v) is 2.77. The van der Waals surface area contributed by atoms with Crippen molar-refractivity contribution in [3.63, 3.8) is 0 Å². The fourth-order valence-corrected chi connectivity index (χ4v) is 0.835. The van der Waals surface area contributed by atoms with E-state index in [1.807, 2.05) is 0 Å². The van der Waals surface area contributed by atoms with Gasteiger partial charge in [0, 0.05) is 47.4 Å². The maximum atomic E-state index is 10.1. The number of hydrogen-bond acceptors (Lipinski definition) is 2. The molecule has 1 heterocycles. The molecule has 1 aliphatic heterocycles. The number of aliphatic carboxylic acids is 1. The van der Waals surface area contributed by atoms with E-state index in [4.69, 9.17) is 10.2 Å². The van der Waals surface area contributed by atoms with E-state index in [-0.39, 0.29) is 54.3 Å². The number of rotatable bonds is 1. The maximum absolute atomic E-state index is 10.1. The van der Waals surface area contributed by atoms with Crippen molar-refractivity contribution in [2.24, 2.45) is 0 Å². The molecule has 1 fully saturated rings. The van der Waals surface area contributed by atoms with Crippen LogP contribution in [0.4, 0.5) is 0 Å². The summed E-state index contributed by atoms with van der Waals surface area (Å²) in [7, 11) is 0. The topological polar surface area (TPSA) is 71.6 Å². The van der Waals surface area contributed by atoms with Crippen LogP contribution in [0.3, 0.4) is 0 Å². The van der Waals surface area contributed by atoms with Gasteiger partial charge in [0.1, 0.15) is 0 Å². The van der Waals surface area contributed by atoms with Crippen LogP contribution in [0.5, 0.6) is 0 Å². The van der Waals surface area contributed by atoms with Crippen molar-refractivity contribution in [2.75, 3.05) is 6.54 Å². The molecule has 0 amide bonds. The number of carbonyl (C=O) groups is 1. The molecule has 1 aliphatic rings. The molecule has 0 aromatic heterocycles. The van der Waals surface area contributed by atoms with Crippen LogP contribution < -0.4 is 0 Å². The van der Waals surface area contributed by atoms with E-state index in [9.17, 15) is 4.79 Å². The Morgan fingerprint density at radius 2 is 2.20 bits per heavy atom. The molecule has 2 N–H and O–H groups in total. The molecule has 0 saturated carbocycles. The van der Waals surface area contributed by atoms with Crippen LogP contribution in [-0.4, -0.2) is 34.9 Å². The van der Waals surface area contributed by atoms with Crippen molar-refractivity contribution in [1.82, 2.24) is 0 Å². The van der Waals surface area contributed by atoms with Gasteiger partial charge in [-0.3, -0.25) is 4.79 Å². The second kappa shape index (κ2) is 4.59. The Morgan fingerprint density at radius 3 is 2.40 bits per heavy atom. The normalized spacial score (nSPS) is 31.3. The molecule has 10 heavy (non-hydrogen) atoms. The van der Waals surface area contributed by atoms with Gasteiger partial charge in [-0.1, -0.05) is 0 Å². The van der Waals surface area contributed by atoms with Crippen molar-refractivity contribution < 1.29 is 56.3 Å². The summed E-state index contributed by atoms with van der Waals surface area (Å²) in [5.74, 6) is -0.938. The van der Waals surface area contributed by atoms with Crippen molar-refractivity contribution in [3.05, 3.63) is 5.32 Å². The predicted octanol–water partition coefficient (Wildman–Crippen LogP) is -0.422. The van der Waals surface area contributed by atoms with Crippen molar-refractivity contribution in [1.29, 1.82) is 0 Å². The van der Waals surface area contributed by atoms with Crippen LogP contribution in [0.2, 0.25) is 0 Å². The average Bonchev–Trinajstić information content (AvgIpc) is 2.14. The standard InChI is InChI=1S/C5H8NO3.Pr/c7-3-1-4(5(8)9)6-2-3;/h3-4,7H,1-2H2,(H,8,9);/q-1;/t3?,4-;/m0./s1. The van der Waals surface area contributed by atoms with Gasteiger partial charge in [0.2, 0.25) is 0 Å². The molecular formula is C5H8NO3Pr-. The summed E-state index contributed by atoms with van der Waals surface area (Å²) in [6, 6.07) is -0.667. The van der Waals surface area contributed by atoms with Crippen molar-refractivity contribution in [2.45, 2.75) is 18.6 Å². The monoisotopic (exact) mass is 271 g/mol. The van der Waals surface area contributed by atoms with Crippen LogP contribution in [0.1, 0.15) is 6.42 Å².